The van der Waals surface area contributed by atoms with Crippen molar-refractivity contribution >= 4 is 29.3 Å². The Morgan fingerprint density at radius 2 is 2.06 bits per heavy atom. The van der Waals surface area contributed by atoms with Crippen LogP contribution in [0, 0.1) is 0 Å². The van der Waals surface area contributed by atoms with E-state index in [1.807, 2.05) is 31.2 Å². The normalized spacial score (nSPS) is 12.2. The van der Waals surface area contributed by atoms with Gasteiger partial charge in [-0.2, -0.15) is 0 Å². The van der Waals surface area contributed by atoms with Gasteiger partial charge in [-0.05, 0) is 50.6 Å². The molecule has 0 spiro atoms. The van der Waals surface area contributed by atoms with E-state index in [4.69, 9.17) is 17.3 Å². The van der Waals surface area contributed by atoms with Gasteiger partial charge >= 0.3 is 0 Å². The lowest BCUT2D eigenvalue weighted by Crippen LogP contribution is -2.31. The topological polar surface area (TPSA) is 55.1 Å². The van der Waals surface area contributed by atoms with Gasteiger partial charge in [0.15, 0.2) is 0 Å². The van der Waals surface area contributed by atoms with E-state index in [0.29, 0.717) is 18.1 Å². The Morgan fingerprint density at radius 3 is 2.67 bits per heavy atom. The predicted molar refractivity (Wildman–Crippen MR) is 78.1 cm³/mol. The fourth-order valence-corrected chi connectivity index (χ4v) is 2.41. The van der Waals surface area contributed by atoms with E-state index in [1.54, 1.807) is 0 Å². The molecule has 0 aliphatic carbocycles. The molecule has 0 aliphatic rings. The summed E-state index contributed by atoms with van der Waals surface area (Å²) < 4.78 is 0. The summed E-state index contributed by atoms with van der Waals surface area (Å²) in [5, 5.41) is 3.51. The number of hydrogen-bond acceptors (Lipinski definition) is 3. The minimum absolute atomic E-state index is 0.0620. The van der Waals surface area contributed by atoms with Crippen LogP contribution in [0.5, 0.6) is 0 Å². The summed E-state index contributed by atoms with van der Waals surface area (Å²) in [5.41, 5.74) is 5.39. The molecule has 0 heterocycles. The summed E-state index contributed by atoms with van der Waals surface area (Å²) >= 11 is 7.34. The summed E-state index contributed by atoms with van der Waals surface area (Å²) in [6.45, 7) is 3.27. The van der Waals surface area contributed by atoms with Gasteiger partial charge in [0.2, 0.25) is 5.91 Å². The Bertz CT molecular complexity index is 370. The third-order valence-corrected chi connectivity index (χ3v) is 3.79. The summed E-state index contributed by atoms with van der Waals surface area (Å²) in [6.07, 6.45) is 1.87. The molecule has 0 saturated heterocycles. The molecule has 1 amide bonds. The van der Waals surface area contributed by atoms with Crippen LogP contribution in [-0.2, 0) is 4.79 Å². The number of carbonyl (C=O) groups is 1. The summed E-state index contributed by atoms with van der Waals surface area (Å²) in [6, 6.07) is 7.50. The lowest BCUT2D eigenvalue weighted by molar-refractivity contribution is -0.120. The first kappa shape index (κ1) is 15.3. The Labute approximate surface area is 117 Å². The van der Waals surface area contributed by atoms with Gasteiger partial charge in [-0.25, -0.2) is 0 Å². The highest BCUT2D eigenvalue weighted by Gasteiger charge is 2.13. The average molecular weight is 287 g/mol. The van der Waals surface area contributed by atoms with Gasteiger partial charge in [0.1, 0.15) is 0 Å². The monoisotopic (exact) mass is 286 g/mol. The molecular formula is C13H19ClN2OS. The fraction of sp³-hybridized carbons (Fsp3) is 0.462. The van der Waals surface area contributed by atoms with Crippen molar-refractivity contribution in [2.45, 2.75) is 29.9 Å². The second kappa shape index (κ2) is 8.40. The minimum Gasteiger partial charge on any atom is -0.355 e. The minimum atomic E-state index is -0.107. The number of rotatable bonds is 7. The van der Waals surface area contributed by atoms with Crippen molar-refractivity contribution in [2.75, 3.05) is 13.1 Å². The number of thioether (sulfide) groups is 1. The van der Waals surface area contributed by atoms with Crippen molar-refractivity contribution in [3.8, 4) is 0 Å². The maximum atomic E-state index is 11.8. The van der Waals surface area contributed by atoms with E-state index in [-0.39, 0.29) is 11.2 Å². The van der Waals surface area contributed by atoms with Crippen molar-refractivity contribution in [3.63, 3.8) is 0 Å². The highest BCUT2D eigenvalue weighted by atomic mass is 35.5. The van der Waals surface area contributed by atoms with E-state index < -0.39 is 0 Å². The van der Waals surface area contributed by atoms with Gasteiger partial charge in [-0.15, -0.1) is 11.8 Å². The molecule has 5 heteroatoms. The second-order valence-corrected chi connectivity index (χ2v) is 5.85. The number of nitrogens with two attached hydrogens (primary N) is 1. The Hall–Kier alpha value is -0.710. The highest BCUT2D eigenvalue weighted by molar-refractivity contribution is 8.00. The van der Waals surface area contributed by atoms with Gasteiger partial charge in [-0.3, -0.25) is 4.79 Å². The molecule has 18 heavy (non-hydrogen) atoms. The summed E-state index contributed by atoms with van der Waals surface area (Å²) in [7, 11) is 0. The molecule has 1 unspecified atom stereocenters. The number of hydrogen-bond donors (Lipinski definition) is 2. The first-order chi connectivity index (χ1) is 8.63. The number of carbonyl (C=O) groups excluding carboxylic acids is 1. The van der Waals surface area contributed by atoms with Gasteiger partial charge in [0.05, 0.1) is 5.25 Å². The molecule has 0 bridgehead atoms. The summed E-state index contributed by atoms with van der Waals surface area (Å²) in [4.78, 5) is 12.8. The molecule has 3 nitrogen and oxygen atoms in total. The van der Waals surface area contributed by atoms with Crippen molar-refractivity contribution in [3.05, 3.63) is 29.3 Å². The zero-order valence-corrected chi connectivity index (χ0v) is 12.1. The van der Waals surface area contributed by atoms with Crippen LogP contribution in [0.4, 0.5) is 0 Å². The lowest BCUT2D eigenvalue weighted by Gasteiger charge is -2.11. The van der Waals surface area contributed by atoms with Crippen molar-refractivity contribution in [1.82, 2.24) is 5.32 Å². The molecule has 0 radical (unpaired) electrons. The maximum Gasteiger partial charge on any atom is 0.233 e. The molecule has 3 N–H and O–H groups in total. The fourth-order valence-electron chi connectivity index (χ4n) is 1.40. The predicted octanol–water partition coefficient (Wildman–Crippen LogP) is 2.68. The number of amides is 1. The molecule has 1 atom stereocenters. The van der Waals surface area contributed by atoms with Crippen molar-refractivity contribution < 1.29 is 4.79 Å². The van der Waals surface area contributed by atoms with E-state index in [2.05, 4.69) is 5.32 Å². The number of nitrogens with one attached hydrogen (secondary N) is 1. The van der Waals surface area contributed by atoms with Crippen LogP contribution in [0.3, 0.4) is 0 Å². The van der Waals surface area contributed by atoms with E-state index in [0.717, 1.165) is 17.7 Å². The third-order valence-electron chi connectivity index (χ3n) is 2.43. The summed E-state index contributed by atoms with van der Waals surface area (Å²) in [5.74, 6) is 0.0620. The molecule has 0 aliphatic heterocycles. The van der Waals surface area contributed by atoms with E-state index in [1.165, 1.54) is 11.8 Å². The molecule has 1 rings (SSSR count). The molecule has 0 saturated carbocycles. The standard InChI is InChI=1S/C13H19ClN2OS/c1-10(13(17)16-9-3-2-8-15)18-12-6-4-11(14)5-7-12/h4-7,10H,2-3,8-9,15H2,1H3,(H,16,17). The largest absolute Gasteiger partial charge is 0.355 e. The average Bonchev–Trinajstić information content (AvgIpc) is 2.37. The van der Waals surface area contributed by atoms with Crippen LogP contribution >= 0.6 is 23.4 Å². The van der Waals surface area contributed by atoms with Crippen LogP contribution in [0.1, 0.15) is 19.8 Å². The van der Waals surface area contributed by atoms with Crippen LogP contribution in [0.15, 0.2) is 29.2 Å². The maximum absolute atomic E-state index is 11.8. The van der Waals surface area contributed by atoms with Crippen LogP contribution in [0.25, 0.3) is 0 Å². The van der Waals surface area contributed by atoms with E-state index >= 15 is 0 Å². The molecular weight excluding hydrogens is 268 g/mol. The zero-order valence-electron chi connectivity index (χ0n) is 10.5. The smallest absolute Gasteiger partial charge is 0.233 e. The van der Waals surface area contributed by atoms with Crippen molar-refractivity contribution in [2.24, 2.45) is 5.73 Å². The van der Waals surface area contributed by atoms with Gasteiger partial charge in [0, 0.05) is 16.5 Å². The van der Waals surface area contributed by atoms with Gasteiger partial charge in [-0.1, -0.05) is 11.6 Å². The highest BCUT2D eigenvalue weighted by Crippen LogP contribution is 2.24. The quantitative estimate of drug-likeness (QED) is 0.598. The molecule has 1 aromatic carbocycles. The molecule has 1 aromatic rings. The Morgan fingerprint density at radius 1 is 1.39 bits per heavy atom. The van der Waals surface area contributed by atoms with Gasteiger partial charge < -0.3 is 11.1 Å². The Balaban J connectivity index is 2.33. The number of benzene rings is 1. The Kier molecular flexibility index (Phi) is 7.16. The molecule has 0 aromatic heterocycles. The van der Waals surface area contributed by atoms with Crippen molar-refractivity contribution in [1.29, 1.82) is 0 Å². The first-order valence-electron chi connectivity index (χ1n) is 6.03. The SMILES string of the molecule is CC(Sc1ccc(Cl)cc1)C(=O)NCCCCN. The molecule has 0 fully saturated rings. The van der Waals surface area contributed by atoms with E-state index in [9.17, 15) is 4.79 Å². The molecule has 100 valence electrons. The van der Waals surface area contributed by atoms with Crippen LogP contribution < -0.4 is 11.1 Å². The third kappa shape index (κ3) is 5.76. The number of halogens is 1. The lowest BCUT2D eigenvalue weighted by atomic mass is 10.3. The van der Waals surface area contributed by atoms with Crippen LogP contribution in [-0.4, -0.2) is 24.2 Å². The number of unbranched alkanes of at least 4 members (excludes halogenated alkanes) is 1. The van der Waals surface area contributed by atoms with Crippen LogP contribution in [0.2, 0.25) is 5.02 Å². The zero-order chi connectivity index (χ0) is 13.4. The van der Waals surface area contributed by atoms with Gasteiger partial charge in [0.25, 0.3) is 0 Å². The first-order valence-corrected chi connectivity index (χ1v) is 7.29. The second-order valence-electron chi connectivity index (χ2n) is 4.00.